The summed E-state index contributed by atoms with van der Waals surface area (Å²) in [7, 11) is 1.64. The molecule has 2 N–H and O–H groups in total. The minimum Gasteiger partial charge on any atom is -0.497 e. The smallest absolute Gasteiger partial charge is 0.229 e. The molecule has 28 heavy (non-hydrogen) atoms. The molecule has 0 saturated heterocycles. The molecule has 0 aliphatic heterocycles. The maximum Gasteiger partial charge on any atom is 0.229 e. The van der Waals surface area contributed by atoms with Crippen LogP contribution in [-0.4, -0.2) is 17.1 Å². The van der Waals surface area contributed by atoms with Gasteiger partial charge in [-0.05, 0) is 42.0 Å². The van der Waals surface area contributed by atoms with Crippen molar-refractivity contribution in [1.82, 2.24) is 9.97 Å². The second kappa shape index (κ2) is 7.92. The van der Waals surface area contributed by atoms with Gasteiger partial charge in [0.2, 0.25) is 5.95 Å². The first-order valence-corrected chi connectivity index (χ1v) is 8.88. The molecule has 140 valence electrons. The zero-order valence-corrected chi connectivity index (χ0v) is 15.3. The summed E-state index contributed by atoms with van der Waals surface area (Å²) in [6.45, 7) is 0.587. The molecule has 0 atom stereocenters. The zero-order chi connectivity index (χ0) is 19.3. The Kier molecular flexibility index (Phi) is 5.01. The number of halogens is 1. The number of nitrogens with zero attached hydrogens (tertiary/aromatic N) is 2. The van der Waals surface area contributed by atoms with Crippen molar-refractivity contribution in [2.24, 2.45) is 0 Å². The minimum absolute atomic E-state index is 0.332. The number of anilines is 3. The third-order valence-corrected chi connectivity index (χ3v) is 4.34. The summed E-state index contributed by atoms with van der Waals surface area (Å²) in [5.41, 5.74) is 2.19. The quantitative estimate of drug-likeness (QED) is 0.490. The van der Waals surface area contributed by atoms with Crippen LogP contribution in [0.5, 0.6) is 5.75 Å². The molecule has 1 heterocycles. The van der Waals surface area contributed by atoms with Crippen LogP contribution in [0.15, 0.2) is 72.8 Å². The number of hydrogen-bond acceptors (Lipinski definition) is 5. The molecule has 0 fully saturated rings. The standard InChI is InChI=1S/C22H19FN4O/c1-28-16-12-10-15(11-13-16)14-24-21-17-6-2-4-8-19(17)25-22(27-21)26-20-9-5-3-7-18(20)23/h2-13H,14H2,1H3,(H2,24,25,26,27). The van der Waals surface area contributed by atoms with E-state index in [9.17, 15) is 4.39 Å². The Labute approximate surface area is 162 Å². The van der Waals surface area contributed by atoms with E-state index in [1.807, 2.05) is 48.5 Å². The number of methoxy groups -OCH3 is 1. The van der Waals surface area contributed by atoms with Crippen molar-refractivity contribution >= 4 is 28.4 Å². The van der Waals surface area contributed by atoms with Crippen LogP contribution in [0.4, 0.5) is 21.8 Å². The number of para-hydroxylation sites is 2. The van der Waals surface area contributed by atoms with Crippen molar-refractivity contribution in [2.75, 3.05) is 17.7 Å². The normalized spacial score (nSPS) is 10.6. The Bertz CT molecular complexity index is 1100. The van der Waals surface area contributed by atoms with Gasteiger partial charge in [0.25, 0.3) is 0 Å². The molecule has 5 nitrogen and oxygen atoms in total. The predicted molar refractivity (Wildman–Crippen MR) is 110 cm³/mol. The monoisotopic (exact) mass is 374 g/mol. The van der Waals surface area contributed by atoms with Gasteiger partial charge in [-0.3, -0.25) is 0 Å². The molecule has 6 heteroatoms. The molecule has 0 saturated carbocycles. The highest BCUT2D eigenvalue weighted by Crippen LogP contribution is 2.25. The SMILES string of the molecule is COc1ccc(CNc2nc(Nc3ccccc3F)nc3ccccc23)cc1. The average Bonchev–Trinajstić information content (AvgIpc) is 2.74. The summed E-state index contributed by atoms with van der Waals surface area (Å²) in [5.74, 6) is 1.47. The molecule has 0 radical (unpaired) electrons. The fraction of sp³-hybridized carbons (Fsp3) is 0.0909. The minimum atomic E-state index is -0.355. The van der Waals surface area contributed by atoms with Crippen molar-refractivity contribution in [3.8, 4) is 5.75 Å². The lowest BCUT2D eigenvalue weighted by atomic mass is 10.2. The summed E-state index contributed by atoms with van der Waals surface area (Å²) in [4.78, 5) is 9.07. The lowest BCUT2D eigenvalue weighted by Crippen LogP contribution is -2.06. The van der Waals surface area contributed by atoms with Crippen LogP contribution in [0.3, 0.4) is 0 Å². The maximum absolute atomic E-state index is 14.0. The van der Waals surface area contributed by atoms with Crippen molar-refractivity contribution in [2.45, 2.75) is 6.54 Å². The summed E-state index contributed by atoms with van der Waals surface area (Å²) in [5, 5.41) is 7.22. The van der Waals surface area contributed by atoms with E-state index in [1.165, 1.54) is 6.07 Å². The van der Waals surface area contributed by atoms with E-state index >= 15 is 0 Å². The molecular weight excluding hydrogens is 355 g/mol. The van der Waals surface area contributed by atoms with Gasteiger partial charge in [-0.1, -0.05) is 36.4 Å². The Morgan fingerprint density at radius 3 is 2.43 bits per heavy atom. The molecule has 0 amide bonds. The number of benzene rings is 3. The van der Waals surface area contributed by atoms with Gasteiger partial charge in [0, 0.05) is 11.9 Å². The lowest BCUT2D eigenvalue weighted by Gasteiger charge is -2.12. The van der Waals surface area contributed by atoms with Crippen LogP contribution >= 0.6 is 0 Å². The van der Waals surface area contributed by atoms with Crippen molar-refractivity contribution in [1.29, 1.82) is 0 Å². The van der Waals surface area contributed by atoms with Gasteiger partial charge in [-0.15, -0.1) is 0 Å². The Hall–Kier alpha value is -3.67. The molecule has 0 aliphatic rings. The molecule has 1 aromatic heterocycles. The fourth-order valence-electron chi connectivity index (χ4n) is 2.88. The molecular formula is C22H19FN4O. The van der Waals surface area contributed by atoms with Crippen molar-refractivity contribution < 1.29 is 9.13 Å². The molecule has 4 aromatic rings. The maximum atomic E-state index is 14.0. The van der Waals surface area contributed by atoms with Crippen molar-refractivity contribution in [3.05, 3.63) is 84.2 Å². The van der Waals surface area contributed by atoms with E-state index in [-0.39, 0.29) is 5.82 Å². The number of aromatic nitrogens is 2. The molecule has 4 rings (SSSR count). The summed E-state index contributed by atoms with van der Waals surface area (Å²) >= 11 is 0. The Morgan fingerprint density at radius 1 is 0.893 bits per heavy atom. The van der Waals surface area contributed by atoms with E-state index < -0.39 is 0 Å². The Morgan fingerprint density at radius 2 is 1.64 bits per heavy atom. The molecule has 0 unspecified atom stereocenters. The number of fused-ring (bicyclic) bond motifs is 1. The summed E-state index contributed by atoms with van der Waals surface area (Å²) in [6, 6.07) is 22.0. The fourth-order valence-corrected chi connectivity index (χ4v) is 2.88. The first kappa shape index (κ1) is 17.7. The second-order valence-corrected chi connectivity index (χ2v) is 6.22. The van der Waals surface area contributed by atoms with E-state index in [2.05, 4.69) is 20.6 Å². The van der Waals surface area contributed by atoms with Crippen LogP contribution in [0, 0.1) is 5.82 Å². The third-order valence-electron chi connectivity index (χ3n) is 4.34. The van der Waals surface area contributed by atoms with Gasteiger partial charge in [0.15, 0.2) is 0 Å². The Balaban J connectivity index is 1.63. The highest BCUT2D eigenvalue weighted by molar-refractivity contribution is 5.90. The number of nitrogens with one attached hydrogen (secondary N) is 2. The molecule has 0 bridgehead atoms. The first-order valence-electron chi connectivity index (χ1n) is 8.88. The zero-order valence-electron chi connectivity index (χ0n) is 15.3. The molecule has 0 aliphatic carbocycles. The van der Waals surface area contributed by atoms with Gasteiger partial charge >= 0.3 is 0 Å². The first-order chi connectivity index (χ1) is 13.7. The van der Waals surface area contributed by atoms with Crippen LogP contribution in [0.1, 0.15) is 5.56 Å². The predicted octanol–water partition coefficient (Wildman–Crippen LogP) is 5.13. The van der Waals surface area contributed by atoms with E-state index in [1.54, 1.807) is 25.3 Å². The number of ether oxygens (including phenoxy) is 1. The number of rotatable bonds is 6. The topological polar surface area (TPSA) is 59.1 Å². The van der Waals surface area contributed by atoms with Gasteiger partial charge < -0.3 is 15.4 Å². The van der Waals surface area contributed by atoms with Gasteiger partial charge in [0.05, 0.1) is 18.3 Å². The lowest BCUT2D eigenvalue weighted by molar-refractivity contribution is 0.414. The van der Waals surface area contributed by atoms with Crippen molar-refractivity contribution in [3.63, 3.8) is 0 Å². The summed E-state index contributed by atoms with van der Waals surface area (Å²) < 4.78 is 19.2. The van der Waals surface area contributed by atoms with E-state index in [0.717, 1.165) is 22.2 Å². The molecule has 0 spiro atoms. The van der Waals surface area contributed by atoms with Gasteiger partial charge in [0.1, 0.15) is 17.4 Å². The summed E-state index contributed by atoms with van der Waals surface area (Å²) in [6.07, 6.45) is 0. The highest BCUT2D eigenvalue weighted by atomic mass is 19.1. The average molecular weight is 374 g/mol. The van der Waals surface area contributed by atoms with Gasteiger partial charge in [-0.2, -0.15) is 4.98 Å². The van der Waals surface area contributed by atoms with Crippen LogP contribution in [-0.2, 0) is 6.54 Å². The molecule has 3 aromatic carbocycles. The number of hydrogen-bond donors (Lipinski definition) is 2. The second-order valence-electron chi connectivity index (χ2n) is 6.22. The van der Waals surface area contributed by atoms with Crippen LogP contribution in [0.25, 0.3) is 10.9 Å². The van der Waals surface area contributed by atoms with Crippen LogP contribution in [0.2, 0.25) is 0 Å². The third kappa shape index (κ3) is 3.86. The van der Waals surface area contributed by atoms with E-state index in [4.69, 9.17) is 4.74 Å². The van der Waals surface area contributed by atoms with E-state index in [0.29, 0.717) is 24.0 Å². The van der Waals surface area contributed by atoms with Gasteiger partial charge in [-0.25, -0.2) is 9.37 Å². The highest BCUT2D eigenvalue weighted by Gasteiger charge is 2.09. The largest absolute Gasteiger partial charge is 0.497 e. The van der Waals surface area contributed by atoms with Crippen LogP contribution < -0.4 is 15.4 Å².